The SMILES string of the molecule is CC(C)(C)C1=CC[C-]=C1.C[C](C)=[Ti+].Cc1cc(O)cc(C(C)(C)C)c1.Cl.Cl. The Morgan fingerprint density at radius 1 is 0.963 bits per heavy atom. The van der Waals surface area contributed by atoms with Crippen molar-refractivity contribution in [2.45, 2.75) is 74.1 Å². The van der Waals surface area contributed by atoms with Crippen LogP contribution in [0.15, 0.2) is 35.9 Å². The van der Waals surface area contributed by atoms with Crippen LogP contribution >= 0.6 is 24.8 Å². The molecular weight excluding hydrogens is 411 g/mol. The third kappa shape index (κ3) is 15.3. The molecule has 0 atom stereocenters. The maximum atomic E-state index is 9.36. The minimum Gasteiger partial charge on any atom is -0.508 e. The van der Waals surface area contributed by atoms with Crippen molar-refractivity contribution in [1.82, 2.24) is 0 Å². The molecular formula is C23H37Cl2OTi. The zero-order valence-electron chi connectivity index (χ0n) is 18.4. The average Bonchev–Trinajstić information content (AvgIpc) is 2.89. The number of phenolic OH excluding ortho intramolecular Hbond substituents is 1. The van der Waals surface area contributed by atoms with Gasteiger partial charge in [0.25, 0.3) is 0 Å². The molecule has 1 aromatic rings. The molecule has 4 heteroatoms. The molecule has 2 rings (SSSR count). The van der Waals surface area contributed by atoms with Gasteiger partial charge in [0.1, 0.15) is 5.75 Å². The Kier molecular flexibility index (Phi) is 16.0. The monoisotopic (exact) mass is 447 g/mol. The van der Waals surface area contributed by atoms with Crippen LogP contribution in [0.5, 0.6) is 5.75 Å². The fourth-order valence-electron chi connectivity index (χ4n) is 2.12. The first-order valence-corrected chi connectivity index (χ1v) is 9.61. The zero-order chi connectivity index (χ0) is 19.8. The first-order chi connectivity index (χ1) is 11.2. The van der Waals surface area contributed by atoms with Crippen molar-refractivity contribution in [2.24, 2.45) is 5.41 Å². The number of allylic oxidation sites excluding steroid dienone is 4. The minimum atomic E-state index is 0. The molecule has 0 heterocycles. The molecule has 0 amide bonds. The van der Waals surface area contributed by atoms with Crippen molar-refractivity contribution in [2.75, 3.05) is 0 Å². The average molecular weight is 448 g/mol. The van der Waals surface area contributed by atoms with E-state index in [9.17, 15) is 5.11 Å². The van der Waals surface area contributed by atoms with Gasteiger partial charge in [-0.15, -0.1) is 31.2 Å². The normalized spacial score (nSPS) is 12.3. The van der Waals surface area contributed by atoms with Crippen LogP contribution in [0.1, 0.15) is 72.9 Å². The summed E-state index contributed by atoms with van der Waals surface area (Å²) in [5.41, 5.74) is 4.15. The zero-order valence-corrected chi connectivity index (χ0v) is 21.6. The molecule has 1 aliphatic rings. The van der Waals surface area contributed by atoms with E-state index in [0.29, 0.717) is 11.2 Å². The summed E-state index contributed by atoms with van der Waals surface area (Å²) in [5.74, 6) is 0.361. The van der Waals surface area contributed by atoms with Crippen molar-refractivity contribution < 1.29 is 25.1 Å². The molecule has 0 saturated carbocycles. The van der Waals surface area contributed by atoms with Gasteiger partial charge in [0.05, 0.1) is 0 Å². The number of halogens is 2. The van der Waals surface area contributed by atoms with Crippen LogP contribution in [-0.2, 0) is 25.4 Å². The Morgan fingerprint density at radius 3 is 1.70 bits per heavy atom. The van der Waals surface area contributed by atoms with E-state index in [1.807, 2.05) is 13.0 Å². The fourth-order valence-corrected chi connectivity index (χ4v) is 2.12. The Hall–Kier alpha value is -0.336. The number of benzene rings is 1. The number of phenols is 1. The minimum absolute atomic E-state index is 0. The van der Waals surface area contributed by atoms with Gasteiger partial charge >= 0.3 is 37.6 Å². The molecule has 1 aromatic carbocycles. The van der Waals surface area contributed by atoms with Crippen molar-refractivity contribution in [3.63, 3.8) is 0 Å². The second-order valence-electron chi connectivity index (χ2n) is 8.77. The largest absolute Gasteiger partial charge is 0.508 e. The summed E-state index contributed by atoms with van der Waals surface area (Å²) >= 11 is 2.08. The van der Waals surface area contributed by atoms with E-state index in [1.165, 1.54) is 14.9 Å². The second-order valence-corrected chi connectivity index (χ2v) is 10.3. The van der Waals surface area contributed by atoms with Gasteiger partial charge in [-0.05, 0) is 35.6 Å². The van der Waals surface area contributed by atoms with E-state index in [-0.39, 0.29) is 30.2 Å². The Morgan fingerprint density at radius 2 is 1.44 bits per heavy atom. The van der Waals surface area contributed by atoms with Crippen LogP contribution in [0.2, 0.25) is 0 Å². The van der Waals surface area contributed by atoms with Gasteiger partial charge < -0.3 is 5.11 Å². The molecule has 0 fully saturated rings. The summed E-state index contributed by atoms with van der Waals surface area (Å²) in [6, 6.07) is 5.71. The van der Waals surface area contributed by atoms with Gasteiger partial charge in [0.2, 0.25) is 0 Å². The van der Waals surface area contributed by atoms with Crippen LogP contribution in [-0.4, -0.2) is 8.92 Å². The molecule has 0 aliphatic heterocycles. The smallest absolute Gasteiger partial charge is 0.116 e. The van der Waals surface area contributed by atoms with Gasteiger partial charge in [0.15, 0.2) is 0 Å². The quantitative estimate of drug-likeness (QED) is 0.326. The Balaban J connectivity index is -0.000000343. The first kappa shape index (κ1) is 31.4. The van der Waals surface area contributed by atoms with Crippen molar-refractivity contribution in [3.05, 3.63) is 53.1 Å². The van der Waals surface area contributed by atoms with Gasteiger partial charge in [0, 0.05) is 0 Å². The number of aromatic hydroxyl groups is 1. The predicted octanol–water partition coefficient (Wildman–Crippen LogP) is 7.31. The summed E-state index contributed by atoms with van der Waals surface area (Å²) in [6.07, 6.45) is 8.50. The molecule has 0 aromatic heterocycles. The molecule has 0 radical (unpaired) electrons. The molecule has 0 unspecified atom stereocenters. The van der Waals surface area contributed by atoms with E-state index in [2.05, 4.69) is 99.7 Å². The van der Waals surface area contributed by atoms with E-state index in [1.54, 1.807) is 6.07 Å². The second kappa shape index (κ2) is 13.8. The summed E-state index contributed by atoms with van der Waals surface area (Å²) in [5, 5.41) is 9.36. The summed E-state index contributed by atoms with van der Waals surface area (Å²) in [6.45, 7) is 19.3. The number of hydrogen-bond acceptors (Lipinski definition) is 1. The maximum absolute atomic E-state index is 9.36. The summed E-state index contributed by atoms with van der Waals surface area (Å²) in [4.78, 5) is 0. The predicted molar refractivity (Wildman–Crippen MR) is 122 cm³/mol. The molecule has 0 bridgehead atoms. The van der Waals surface area contributed by atoms with E-state index >= 15 is 0 Å². The van der Waals surface area contributed by atoms with Crippen LogP contribution < -0.4 is 0 Å². The summed E-state index contributed by atoms with van der Waals surface area (Å²) in [7, 11) is 0. The Labute approximate surface area is 191 Å². The molecule has 1 aliphatic carbocycles. The topological polar surface area (TPSA) is 20.2 Å². The van der Waals surface area contributed by atoms with Crippen LogP contribution in [0.3, 0.4) is 0 Å². The molecule has 27 heavy (non-hydrogen) atoms. The standard InChI is InChI=1S/C11H16O.C9H13.C3H6.2ClH.Ti/c1-8-5-9(11(2,3)4)7-10(12)6-8;1-9(2,3)8-6-4-5-7-8;1-3-2;;;/h5-7,12H,1-4H3;6-7H,4H2,1-3H3;1-2H3;2*1H;/q;-1;;;;+1. The third-order valence-corrected chi connectivity index (χ3v) is 3.49. The van der Waals surface area contributed by atoms with Gasteiger partial charge in [-0.25, -0.2) is 6.08 Å². The fraction of sp³-hybridized carbons (Fsp3) is 0.522. The van der Waals surface area contributed by atoms with Crippen molar-refractivity contribution in [3.8, 4) is 5.75 Å². The maximum Gasteiger partial charge on any atom is 0.116 e. The molecule has 153 valence electrons. The van der Waals surface area contributed by atoms with Gasteiger partial charge in [-0.3, -0.25) is 6.08 Å². The molecule has 1 N–H and O–H groups in total. The van der Waals surface area contributed by atoms with E-state index in [4.69, 9.17) is 0 Å². The number of hydrogen-bond donors (Lipinski definition) is 1. The Bertz CT molecular complexity index is 609. The van der Waals surface area contributed by atoms with Crippen LogP contribution in [0.25, 0.3) is 0 Å². The first-order valence-electron chi connectivity index (χ1n) is 8.83. The van der Waals surface area contributed by atoms with Crippen LogP contribution in [0.4, 0.5) is 0 Å². The van der Waals surface area contributed by atoms with E-state index < -0.39 is 0 Å². The van der Waals surface area contributed by atoms with E-state index in [0.717, 1.165) is 12.0 Å². The van der Waals surface area contributed by atoms with Crippen molar-refractivity contribution >= 4 is 28.6 Å². The molecule has 0 saturated heterocycles. The van der Waals surface area contributed by atoms with Crippen molar-refractivity contribution in [1.29, 1.82) is 0 Å². The number of rotatable bonds is 0. The third-order valence-electron chi connectivity index (χ3n) is 3.49. The summed E-state index contributed by atoms with van der Waals surface area (Å²) < 4.78 is 1.42. The molecule has 0 spiro atoms. The van der Waals surface area contributed by atoms with Gasteiger partial charge in [-0.1, -0.05) is 53.0 Å². The van der Waals surface area contributed by atoms with Gasteiger partial charge in [-0.2, -0.15) is 11.6 Å². The number of aryl methyl sites for hydroxylation is 1. The van der Waals surface area contributed by atoms with Crippen LogP contribution in [0, 0.1) is 18.4 Å². The molecule has 1 nitrogen and oxygen atoms in total.